The zero-order chi connectivity index (χ0) is 13.2. The van der Waals surface area contributed by atoms with Gasteiger partial charge in [-0.1, -0.05) is 6.07 Å². The highest BCUT2D eigenvalue weighted by Gasteiger charge is 2.11. The van der Waals surface area contributed by atoms with E-state index in [1.54, 1.807) is 24.0 Å². The smallest absolute Gasteiger partial charge is 0.341 e. The van der Waals surface area contributed by atoms with Gasteiger partial charge >= 0.3 is 5.97 Å². The average Bonchev–Trinajstić information content (AvgIpc) is 3.07. The van der Waals surface area contributed by atoms with Crippen molar-refractivity contribution in [1.29, 1.82) is 0 Å². The second-order valence-electron chi connectivity index (χ2n) is 3.93. The Morgan fingerprint density at radius 1 is 1.42 bits per heavy atom. The maximum atomic E-state index is 11.6. The van der Waals surface area contributed by atoms with Crippen LogP contribution in [0, 0.1) is 0 Å². The number of ether oxygens (including phenoxy) is 1. The molecule has 3 heterocycles. The van der Waals surface area contributed by atoms with E-state index < -0.39 is 0 Å². The van der Waals surface area contributed by atoms with E-state index >= 15 is 0 Å². The van der Waals surface area contributed by atoms with Crippen molar-refractivity contribution in [2.24, 2.45) is 0 Å². The molecule has 0 fully saturated rings. The lowest BCUT2D eigenvalue weighted by Crippen LogP contribution is -2.04. The molecule has 0 bridgehead atoms. The number of nitrogens with zero attached hydrogens (tertiary/aromatic N) is 4. The van der Waals surface area contributed by atoms with Gasteiger partial charge in [0.05, 0.1) is 18.4 Å². The van der Waals surface area contributed by atoms with E-state index in [4.69, 9.17) is 4.74 Å². The molecule has 0 aliphatic carbocycles. The number of esters is 1. The van der Waals surface area contributed by atoms with Crippen LogP contribution in [0.3, 0.4) is 0 Å². The van der Waals surface area contributed by atoms with Crippen molar-refractivity contribution in [3.05, 3.63) is 48.5 Å². The number of hydrogen-bond acceptors (Lipinski definition) is 4. The van der Waals surface area contributed by atoms with Crippen molar-refractivity contribution >= 4 is 11.6 Å². The van der Waals surface area contributed by atoms with Gasteiger partial charge in [0.2, 0.25) is 0 Å². The normalized spacial score (nSPS) is 10.8. The molecule has 0 saturated heterocycles. The molecule has 0 amide bonds. The Bertz CT molecular complexity index is 729. The van der Waals surface area contributed by atoms with E-state index in [9.17, 15) is 4.79 Å². The lowest BCUT2D eigenvalue weighted by atomic mass is 10.4. The summed E-state index contributed by atoms with van der Waals surface area (Å²) < 4.78 is 8.45. The Kier molecular flexibility index (Phi) is 2.75. The van der Waals surface area contributed by atoms with E-state index in [1.807, 2.05) is 28.8 Å². The highest BCUT2D eigenvalue weighted by Crippen LogP contribution is 2.11. The quantitative estimate of drug-likeness (QED) is 0.669. The summed E-state index contributed by atoms with van der Waals surface area (Å²) in [7, 11) is 0. The Morgan fingerprint density at radius 3 is 3.16 bits per heavy atom. The summed E-state index contributed by atoms with van der Waals surface area (Å²) >= 11 is 0. The van der Waals surface area contributed by atoms with Gasteiger partial charge in [-0.25, -0.2) is 14.5 Å². The largest absolute Gasteiger partial charge is 0.462 e. The summed E-state index contributed by atoms with van der Waals surface area (Å²) in [4.78, 5) is 15.8. The van der Waals surface area contributed by atoms with Crippen LogP contribution in [0.5, 0.6) is 0 Å². The van der Waals surface area contributed by atoms with E-state index in [1.165, 1.54) is 6.20 Å². The van der Waals surface area contributed by atoms with Crippen LogP contribution in [-0.2, 0) is 4.74 Å². The molecule has 0 N–H and O–H groups in total. The molecular formula is C13H12N4O2. The van der Waals surface area contributed by atoms with Crippen molar-refractivity contribution in [2.45, 2.75) is 6.92 Å². The first-order chi connectivity index (χ1) is 9.29. The topological polar surface area (TPSA) is 61.4 Å². The number of rotatable bonds is 3. The molecule has 3 rings (SSSR count). The number of imidazole rings is 1. The maximum Gasteiger partial charge on any atom is 0.341 e. The minimum Gasteiger partial charge on any atom is -0.462 e. The molecule has 96 valence electrons. The van der Waals surface area contributed by atoms with Gasteiger partial charge < -0.3 is 4.74 Å². The van der Waals surface area contributed by atoms with Crippen LogP contribution in [0.4, 0.5) is 0 Å². The lowest BCUT2D eigenvalue weighted by molar-refractivity contribution is 0.0526. The van der Waals surface area contributed by atoms with Gasteiger partial charge in [0.25, 0.3) is 0 Å². The van der Waals surface area contributed by atoms with Gasteiger partial charge in [-0.05, 0) is 19.1 Å². The molecule has 0 aliphatic rings. The second kappa shape index (κ2) is 4.56. The lowest BCUT2D eigenvalue weighted by Gasteiger charge is -2.04. The standard InChI is InChI=1S/C13H12N4O2/c1-2-19-13(18)10-8-15-17(9-10)12-5-3-4-11-14-6-7-16(11)12/h3-9H,2H2,1H3. The predicted octanol–water partition coefficient (Wildman–Crippen LogP) is 1.70. The average molecular weight is 256 g/mol. The molecular weight excluding hydrogens is 244 g/mol. The molecule has 0 atom stereocenters. The minimum atomic E-state index is -0.369. The fourth-order valence-electron chi connectivity index (χ4n) is 1.89. The van der Waals surface area contributed by atoms with Crippen LogP contribution in [0.25, 0.3) is 11.5 Å². The van der Waals surface area contributed by atoms with Gasteiger partial charge in [-0.15, -0.1) is 0 Å². The number of aromatic nitrogens is 4. The molecule has 0 saturated carbocycles. The van der Waals surface area contributed by atoms with E-state index in [-0.39, 0.29) is 5.97 Å². The Labute approximate surface area is 109 Å². The number of fused-ring (bicyclic) bond motifs is 1. The van der Waals surface area contributed by atoms with Crippen molar-refractivity contribution in [2.75, 3.05) is 6.61 Å². The summed E-state index contributed by atoms with van der Waals surface area (Å²) in [6.45, 7) is 2.12. The highest BCUT2D eigenvalue weighted by molar-refractivity contribution is 5.88. The third-order valence-corrected chi connectivity index (χ3v) is 2.74. The van der Waals surface area contributed by atoms with Crippen molar-refractivity contribution in [3.63, 3.8) is 0 Å². The first kappa shape index (κ1) is 11.5. The van der Waals surface area contributed by atoms with E-state index in [0.29, 0.717) is 12.2 Å². The SMILES string of the molecule is CCOC(=O)c1cnn(-c2cccc3nccn23)c1. The van der Waals surface area contributed by atoms with Crippen molar-refractivity contribution in [1.82, 2.24) is 19.2 Å². The van der Waals surface area contributed by atoms with Gasteiger partial charge in [0, 0.05) is 18.6 Å². The number of hydrogen-bond donors (Lipinski definition) is 0. The zero-order valence-corrected chi connectivity index (χ0v) is 10.4. The Morgan fingerprint density at radius 2 is 2.32 bits per heavy atom. The summed E-state index contributed by atoms with van der Waals surface area (Å²) in [5.74, 6) is 0.442. The van der Waals surface area contributed by atoms with Gasteiger partial charge in [-0.3, -0.25) is 4.40 Å². The van der Waals surface area contributed by atoms with Crippen LogP contribution in [-0.4, -0.2) is 31.7 Å². The van der Waals surface area contributed by atoms with E-state index in [2.05, 4.69) is 10.1 Å². The Hall–Kier alpha value is -2.63. The third kappa shape index (κ3) is 1.97. The minimum absolute atomic E-state index is 0.348. The number of pyridine rings is 1. The summed E-state index contributed by atoms with van der Waals surface area (Å²) in [5.41, 5.74) is 1.25. The highest BCUT2D eigenvalue weighted by atomic mass is 16.5. The molecule has 6 heteroatoms. The predicted molar refractivity (Wildman–Crippen MR) is 68.3 cm³/mol. The first-order valence-corrected chi connectivity index (χ1v) is 5.94. The molecule has 0 aliphatic heterocycles. The zero-order valence-electron chi connectivity index (χ0n) is 10.4. The van der Waals surface area contributed by atoms with Crippen LogP contribution >= 0.6 is 0 Å². The van der Waals surface area contributed by atoms with Gasteiger partial charge in [0.15, 0.2) is 0 Å². The molecule has 0 radical (unpaired) electrons. The number of carbonyl (C=O) groups excluding carboxylic acids is 1. The summed E-state index contributed by atoms with van der Waals surface area (Å²) in [5, 5.41) is 4.19. The van der Waals surface area contributed by atoms with Crippen molar-refractivity contribution < 1.29 is 9.53 Å². The maximum absolute atomic E-state index is 11.6. The van der Waals surface area contributed by atoms with Crippen LogP contribution in [0.15, 0.2) is 43.0 Å². The number of carbonyl (C=O) groups is 1. The van der Waals surface area contributed by atoms with Crippen molar-refractivity contribution in [3.8, 4) is 5.82 Å². The molecule has 0 spiro atoms. The molecule has 6 nitrogen and oxygen atoms in total. The molecule has 3 aromatic rings. The fraction of sp³-hybridized carbons (Fsp3) is 0.154. The molecule has 0 aromatic carbocycles. The molecule has 0 unspecified atom stereocenters. The van der Waals surface area contributed by atoms with Gasteiger partial charge in [-0.2, -0.15) is 5.10 Å². The van der Waals surface area contributed by atoms with Crippen LogP contribution in [0.2, 0.25) is 0 Å². The monoisotopic (exact) mass is 256 g/mol. The second-order valence-corrected chi connectivity index (χ2v) is 3.93. The first-order valence-electron chi connectivity index (χ1n) is 5.94. The summed E-state index contributed by atoms with van der Waals surface area (Å²) in [6.07, 6.45) is 6.70. The van der Waals surface area contributed by atoms with Crippen LogP contribution < -0.4 is 0 Å². The Balaban J connectivity index is 2.03. The van der Waals surface area contributed by atoms with Gasteiger partial charge in [0.1, 0.15) is 11.5 Å². The van der Waals surface area contributed by atoms with Crippen LogP contribution in [0.1, 0.15) is 17.3 Å². The van der Waals surface area contributed by atoms with E-state index in [0.717, 1.165) is 11.5 Å². The molecule has 19 heavy (non-hydrogen) atoms. The fourth-order valence-corrected chi connectivity index (χ4v) is 1.89. The third-order valence-electron chi connectivity index (χ3n) is 2.74. The molecule has 3 aromatic heterocycles. The summed E-state index contributed by atoms with van der Waals surface area (Å²) in [6, 6.07) is 5.69.